The van der Waals surface area contributed by atoms with Gasteiger partial charge < -0.3 is 0 Å². The Balaban J connectivity index is 1.52. The highest BCUT2D eigenvalue weighted by molar-refractivity contribution is 7.26. The number of fused-ring (bicyclic) bond motifs is 3. The van der Waals surface area contributed by atoms with E-state index >= 15 is 0 Å². The summed E-state index contributed by atoms with van der Waals surface area (Å²) in [6, 6.07) is 9.29. The molecule has 8 rings (SSSR count). The summed E-state index contributed by atoms with van der Waals surface area (Å²) in [6.07, 6.45) is 0. The van der Waals surface area contributed by atoms with Crippen LogP contribution in [0.4, 0.5) is 0 Å². The summed E-state index contributed by atoms with van der Waals surface area (Å²) in [4.78, 5) is 13.7. The van der Waals surface area contributed by atoms with Crippen LogP contribution >= 0.6 is 11.3 Å². The van der Waals surface area contributed by atoms with Crippen molar-refractivity contribution in [2.45, 2.75) is 0 Å². The summed E-state index contributed by atoms with van der Waals surface area (Å²) in [7, 11) is 0. The number of hydrogen-bond acceptors (Lipinski definition) is 4. The predicted molar refractivity (Wildman–Crippen MR) is 180 cm³/mol. The summed E-state index contributed by atoms with van der Waals surface area (Å²) >= 11 is 1.28. The van der Waals surface area contributed by atoms with Crippen LogP contribution < -0.4 is 0 Å². The second kappa shape index (κ2) is 10.8. The zero-order valence-electron chi connectivity index (χ0n) is 37.0. The monoisotopic (exact) mass is 582 g/mol. The Labute approximate surface area is 274 Å². The van der Waals surface area contributed by atoms with Crippen LogP contribution in [0.3, 0.4) is 0 Å². The maximum atomic E-state index is 8.87. The molecule has 0 bridgehead atoms. The molecule has 0 saturated carbocycles. The van der Waals surface area contributed by atoms with Gasteiger partial charge in [-0.15, -0.1) is 11.3 Å². The summed E-state index contributed by atoms with van der Waals surface area (Å²) < 4.78 is 128. The fraction of sp³-hybridized carbons (Fsp3) is 0. The Morgan fingerprint density at radius 1 is 0.465 bits per heavy atom. The number of benzene rings is 6. The lowest BCUT2D eigenvalue weighted by atomic mass is 9.95. The molecule has 2 aromatic heterocycles. The number of hydrogen-bond donors (Lipinski definition) is 0. The first kappa shape index (κ1) is 14.1. The quantitative estimate of drug-likeness (QED) is 0.203. The standard InChI is InChI=1S/C39H25N3S/c1-5-14-26(15-6-1)30-24-32(27-16-7-2-8-17-27)36-33(25-30)35-31(22-13-23-34(35)43-36)39-41-37(28-18-9-3-10-19-28)40-38(42-39)29-20-11-4-12-21-29/h1-25H/i2D,3D,4D,7D,8D,9D,10D,11D,12D,16D,17D,18D,19D,20D,21D. The third-order valence-electron chi connectivity index (χ3n) is 6.80. The van der Waals surface area contributed by atoms with Crippen molar-refractivity contribution in [3.05, 3.63) is 151 Å². The predicted octanol–water partition coefficient (Wildman–Crippen LogP) is 10.6. The van der Waals surface area contributed by atoms with Gasteiger partial charge in [-0.3, -0.25) is 0 Å². The molecule has 43 heavy (non-hydrogen) atoms. The first-order valence-corrected chi connectivity index (χ1v) is 13.9. The Bertz CT molecular complexity index is 2900. The molecule has 0 unspecified atom stereocenters. The number of rotatable bonds is 5. The van der Waals surface area contributed by atoms with E-state index in [-0.39, 0.29) is 23.5 Å². The van der Waals surface area contributed by atoms with Crippen LogP contribution in [0, 0.1) is 0 Å². The summed E-state index contributed by atoms with van der Waals surface area (Å²) in [5.74, 6) is -0.950. The van der Waals surface area contributed by atoms with Gasteiger partial charge in [-0.05, 0) is 34.9 Å². The van der Waals surface area contributed by atoms with Gasteiger partial charge in [0.05, 0.1) is 20.6 Å². The van der Waals surface area contributed by atoms with E-state index in [1.165, 1.54) is 11.3 Å². The molecule has 0 atom stereocenters. The van der Waals surface area contributed by atoms with Crippen molar-refractivity contribution >= 4 is 31.5 Å². The molecule has 0 spiro atoms. The van der Waals surface area contributed by atoms with E-state index in [1.807, 2.05) is 42.5 Å². The molecule has 4 heteroatoms. The smallest absolute Gasteiger partial charge is 0.164 e. The third kappa shape index (κ3) is 4.68. The van der Waals surface area contributed by atoms with Crippen LogP contribution in [0.25, 0.3) is 76.6 Å². The molecule has 0 amide bonds. The van der Waals surface area contributed by atoms with E-state index in [1.54, 1.807) is 18.2 Å². The minimum absolute atomic E-state index is 0.00556. The number of aromatic nitrogens is 3. The molecule has 0 radical (unpaired) electrons. The normalized spacial score (nSPS) is 16.1. The second-order valence-corrected chi connectivity index (χ2v) is 10.4. The average Bonchev–Trinajstić information content (AvgIpc) is 3.61. The molecular formula is C39H25N3S. The first-order chi connectivity index (χ1) is 27.5. The van der Waals surface area contributed by atoms with E-state index < -0.39 is 101 Å². The van der Waals surface area contributed by atoms with Gasteiger partial charge >= 0.3 is 0 Å². The van der Waals surface area contributed by atoms with Crippen molar-refractivity contribution in [1.82, 2.24) is 15.0 Å². The van der Waals surface area contributed by atoms with Crippen molar-refractivity contribution in [2.75, 3.05) is 0 Å². The number of nitrogens with zero attached hydrogens (tertiary/aromatic N) is 3. The van der Waals surface area contributed by atoms with Gasteiger partial charge in [0.25, 0.3) is 0 Å². The average molecular weight is 583 g/mol. The molecule has 6 aromatic carbocycles. The van der Waals surface area contributed by atoms with Gasteiger partial charge in [0.2, 0.25) is 0 Å². The second-order valence-electron chi connectivity index (χ2n) is 9.35. The maximum absolute atomic E-state index is 8.87. The highest BCUT2D eigenvalue weighted by Crippen LogP contribution is 2.45. The molecule has 0 aliphatic heterocycles. The SMILES string of the molecule is [2H]c1c([2H])c([2H])c(-c2nc(-c3c([2H])c([2H])c([2H])c([2H])c3[2H])nc(-c3cccc4sc5c(-c6c([2H])c([2H])c([2H])c([2H])c6[2H])cc(-c6ccccc6)cc5c34)n2)c([2H])c1[2H]. The Hall–Kier alpha value is -5.45. The molecule has 0 saturated heterocycles. The molecule has 202 valence electrons. The van der Waals surface area contributed by atoms with Crippen LogP contribution in [-0.2, 0) is 0 Å². The van der Waals surface area contributed by atoms with Gasteiger partial charge in [0, 0.05) is 42.4 Å². The van der Waals surface area contributed by atoms with Crippen molar-refractivity contribution in [3.63, 3.8) is 0 Å². The van der Waals surface area contributed by atoms with Gasteiger partial charge in [0.15, 0.2) is 17.5 Å². The third-order valence-corrected chi connectivity index (χ3v) is 8.00. The van der Waals surface area contributed by atoms with Crippen molar-refractivity contribution in [1.29, 1.82) is 0 Å². The minimum Gasteiger partial charge on any atom is -0.208 e. The van der Waals surface area contributed by atoms with Gasteiger partial charge in [-0.2, -0.15) is 0 Å². The van der Waals surface area contributed by atoms with E-state index in [4.69, 9.17) is 20.6 Å². The molecule has 2 heterocycles. The Kier molecular flexibility index (Phi) is 3.54. The van der Waals surface area contributed by atoms with Crippen LogP contribution in [0.2, 0.25) is 0 Å². The van der Waals surface area contributed by atoms with Crippen LogP contribution in [0.1, 0.15) is 20.6 Å². The minimum atomic E-state index is -0.665. The Morgan fingerprint density at radius 2 is 1.05 bits per heavy atom. The fourth-order valence-electron chi connectivity index (χ4n) is 4.93. The molecule has 0 N–H and O–H groups in total. The lowest BCUT2D eigenvalue weighted by Gasteiger charge is -2.11. The number of thiophene rings is 1. The molecule has 3 nitrogen and oxygen atoms in total. The van der Waals surface area contributed by atoms with Crippen LogP contribution in [0.5, 0.6) is 0 Å². The maximum Gasteiger partial charge on any atom is 0.164 e. The molecule has 0 aliphatic carbocycles. The van der Waals surface area contributed by atoms with Crippen LogP contribution in [0.15, 0.2) is 151 Å². The Morgan fingerprint density at radius 3 is 1.67 bits per heavy atom. The molecular weight excluding hydrogens is 543 g/mol. The summed E-state index contributed by atoms with van der Waals surface area (Å²) in [5.41, 5.74) is 1.30. The van der Waals surface area contributed by atoms with Crippen molar-refractivity contribution in [3.8, 4) is 56.4 Å². The van der Waals surface area contributed by atoms with Crippen molar-refractivity contribution < 1.29 is 20.6 Å². The zero-order chi connectivity index (χ0) is 41.6. The van der Waals surface area contributed by atoms with Gasteiger partial charge in [-0.1, -0.05) is 133 Å². The zero-order valence-corrected chi connectivity index (χ0v) is 22.8. The first-order valence-electron chi connectivity index (χ1n) is 20.6. The highest BCUT2D eigenvalue weighted by atomic mass is 32.1. The van der Waals surface area contributed by atoms with Crippen molar-refractivity contribution in [2.24, 2.45) is 0 Å². The van der Waals surface area contributed by atoms with E-state index in [0.29, 0.717) is 36.9 Å². The van der Waals surface area contributed by atoms with E-state index in [2.05, 4.69) is 15.0 Å². The largest absolute Gasteiger partial charge is 0.208 e. The van der Waals surface area contributed by atoms with Crippen LogP contribution in [-0.4, -0.2) is 15.0 Å². The molecule has 8 aromatic rings. The van der Waals surface area contributed by atoms with Gasteiger partial charge in [0.1, 0.15) is 0 Å². The fourth-order valence-corrected chi connectivity index (χ4v) is 6.16. The van der Waals surface area contributed by atoms with E-state index in [0.717, 1.165) is 5.56 Å². The molecule has 0 aliphatic rings. The lowest BCUT2D eigenvalue weighted by Crippen LogP contribution is -2.00. The summed E-state index contributed by atoms with van der Waals surface area (Å²) in [5, 5.41) is 1.12. The highest BCUT2D eigenvalue weighted by Gasteiger charge is 2.19. The lowest BCUT2D eigenvalue weighted by molar-refractivity contribution is 1.08. The molecule has 0 fully saturated rings. The van der Waals surface area contributed by atoms with E-state index in [9.17, 15) is 0 Å². The van der Waals surface area contributed by atoms with Gasteiger partial charge in [-0.25, -0.2) is 15.0 Å². The summed E-state index contributed by atoms with van der Waals surface area (Å²) in [6.45, 7) is 0. The topological polar surface area (TPSA) is 38.7 Å².